The molecule has 0 bridgehead atoms. The molecule has 2 aromatic carbocycles. The summed E-state index contributed by atoms with van der Waals surface area (Å²) in [6, 6.07) is 12.7. The number of halogens is 1. The highest BCUT2D eigenvalue weighted by atomic mass is 35.5. The standard InChI is InChI=1S/C21H19ClN6O2/c1-13-6-7-15(10-18(13)28-14(2)24-25-26-28)23-21(29)16-11-17(22)19(12-20(16)30-3)27-8-4-5-9-27/h4-12H,1-3H3,(H,23,29). The topological polar surface area (TPSA) is 86.9 Å². The first kappa shape index (κ1) is 19.7. The lowest BCUT2D eigenvalue weighted by Gasteiger charge is -2.14. The number of aryl methyl sites for hydroxylation is 2. The van der Waals surface area contributed by atoms with Crippen molar-refractivity contribution < 1.29 is 9.53 Å². The van der Waals surface area contributed by atoms with Crippen molar-refractivity contribution in [3.8, 4) is 17.1 Å². The molecule has 0 aliphatic rings. The first-order valence-electron chi connectivity index (χ1n) is 9.16. The van der Waals surface area contributed by atoms with E-state index in [1.165, 1.54) is 7.11 Å². The Hall–Kier alpha value is -3.65. The highest BCUT2D eigenvalue weighted by Crippen LogP contribution is 2.31. The fourth-order valence-corrected chi connectivity index (χ4v) is 3.41. The number of anilines is 1. The monoisotopic (exact) mass is 422 g/mol. The third-order valence-electron chi connectivity index (χ3n) is 4.72. The quantitative estimate of drug-likeness (QED) is 0.525. The Morgan fingerprint density at radius 2 is 1.87 bits per heavy atom. The van der Waals surface area contributed by atoms with Crippen LogP contribution in [-0.2, 0) is 0 Å². The zero-order valence-electron chi connectivity index (χ0n) is 16.6. The summed E-state index contributed by atoms with van der Waals surface area (Å²) in [7, 11) is 1.52. The third kappa shape index (κ3) is 3.65. The minimum Gasteiger partial charge on any atom is -0.496 e. The number of carbonyl (C=O) groups is 1. The maximum atomic E-state index is 13.0. The van der Waals surface area contributed by atoms with E-state index < -0.39 is 0 Å². The van der Waals surface area contributed by atoms with Crippen molar-refractivity contribution in [1.82, 2.24) is 24.8 Å². The van der Waals surface area contributed by atoms with Crippen molar-refractivity contribution in [2.45, 2.75) is 13.8 Å². The molecule has 8 nitrogen and oxygen atoms in total. The van der Waals surface area contributed by atoms with Crippen LogP contribution in [-0.4, -0.2) is 37.8 Å². The molecular formula is C21H19ClN6O2. The molecule has 4 rings (SSSR count). The molecule has 0 fully saturated rings. The second-order valence-corrected chi connectivity index (χ2v) is 7.09. The molecule has 0 saturated carbocycles. The normalized spacial score (nSPS) is 10.8. The van der Waals surface area contributed by atoms with Crippen molar-refractivity contribution in [2.75, 3.05) is 12.4 Å². The van der Waals surface area contributed by atoms with Crippen LogP contribution < -0.4 is 10.1 Å². The van der Waals surface area contributed by atoms with Crippen LogP contribution in [0.3, 0.4) is 0 Å². The van der Waals surface area contributed by atoms with Gasteiger partial charge in [0.25, 0.3) is 5.91 Å². The third-order valence-corrected chi connectivity index (χ3v) is 5.02. The summed E-state index contributed by atoms with van der Waals surface area (Å²) in [5, 5.41) is 14.9. The van der Waals surface area contributed by atoms with E-state index in [1.54, 1.807) is 16.8 Å². The summed E-state index contributed by atoms with van der Waals surface area (Å²) in [6.45, 7) is 3.76. The van der Waals surface area contributed by atoms with E-state index in [0.717, 1.165) is 16.9 Å². The van der Waals surface area contributed by atoms with Crippen LogP contribution >= 0.6 is 11.6 Å². The Labute approximate surface area is 178 Å². The van der Waals surface area contributed by atoms with Crippen molar-refractivity contribution >= 4 is 23.2 Å². The van der Waals surface area contributed by atoms with Crippen LogP contribution in [0.2, 0.25) is 5.02 Å². The molecule has 0 atom stereocenters. The number of hydrogen-bond donors (Lipinski definition) is 1. The van der Waals surface area contributed by atoms with Gasteiger partial charge in [-0.05, 0) is 60.2 Å². The van der Waals surface area contributed by atoms with E-state index >= 15 is 0 Å². The smallest absolute Gasteiger partial charge is 0.259 e. The molecule has 0 aliphatic carbocycles. The summed E-state index contributed by atoms with van der Waals surface area (Å²) >= 11 is 6.45. The number of hydrogen-bond acceptors (Lipinski definition) is 5. The van der Waals surface area contributed by atoms with E-state index in [-0.39, 0.29) is 5.91 Å². The molecule has 30 heavy (non-hydrogen) atoms. The van der Waals surface area contributed by atoms with E-state index in [9.17, 15) is 4.79 Å². The number of tetrazole rings is 1. The largest absolute Gasteiger partial charge is 0.496 e. The number of nitrogens with zero attached hydrogens (tertiary/aromatic N) is 5. The summed E-state index contributed by atoms with van der Waals surface area (Å²) in [5.41, 5.74) is 3.41. The number of ether oxygens (including phenoxy) is 1. The molecule has 0 spiro atoms. The van der Waals surface area contributed by atoms with Gasteiger partial charge in [0.05, 0.1) is 29.1 Å². The number of methoxy groups -OCH3 is 1. The lowest BCUT2D eigenvalue weighted by Crippen LogP contribution is -2.14. The van der Waals surface area contributed by atoms with Gasteiger partial charge in [0, 0.05) is 24.1 Å². The van der Waals surface area contributed by atoms with Gasteiger partial charge in [-0.25, -0.2) is 0 Å². The van der Waals surface area contributed by atoms with Crippen LogP contribution in [0.4, 0.5) is 5.69 Å². The first-order chi connectivity index (χ1) is 14.5. The SMILES string of the molecule is COc1cc(-n2cccc2)c(Cl)cc1C(=O)Nc1ccc(C)c(-n2nnnc2C)c1. The van der Waals surface area contributed by atoms with Gasteiger partial charge in [-0.1, -0.05) is 17.7 Å². The maximum absolute atomic E-state index is 13.0. The Balaban J connectivity index is 1.66. The minimum atomic E-state index is -0.337. The minimum absolute atomic E-state index is 0.333. The van der Waals surface area contributed by atoms with E-state index in [2.05, 4.69) is 20.8 Å². The number of aromatic nitrogens is 5. The lowest BCUT2D eigenvalue weighted by atomic mass is 10.1. The number of carbonyl (C=O) groups excluding carboxylic acids is 1. The molecule has 4 aromatic rings. The maximum Gasteiger partial charge on any atom is 0.259 e. The fourth-order valence-electron chi connectivity index (χ4n) is 3.15. The Kier molecular flexibility index (Phi) is 5.24. The predicted molar refractivity (Wildman–Crippen MR) is 114 cm³/mol. The van der Waals surface area contributed by atoms with Gasteiger partial charge in [0.2, 0.25) is 0 Å². The van der Waals surface area contributed by atoms with Crippen LogP contribution in [0.5, 0.6) is 5.75 Å². The summed E-state index contributed by atoms with van der Waals surface area (Å²) in [6.07, 6.45) is 3.74. The van der Waals surface area contributed by atoms with Gasteiger partial charge >= 0.3 is 0 Å². The van der Waals surface area contributed by atoms with Crippen molar-refractivity contribution in [1.29, 1.82) is 0 Å². The molecule has 2 heterocycles. The lowest BCUT2D eigenvalue weighted by molar-refractivity contribution is 0.102. The summed E-state index contributed by atoms with van der Waals surface area (Å²) in [5.74, 6) is 0.732. The van der Waals surface area contributed by atoms with Gasteiger partial charge in [0.1, 0.15) is 5.75 Å². The number of amides is 1. The Bertz CT molecular complexity index is 1220. The van der Waals surface area contributed by atoms with Crippen LogP contribution in [0, 0.1) is 13.8 Å². The molecule has 152 valence electrons. The van der Waals surface area contributed by atoms with E-state index in [0.29, 0.717) is 27.8 Å². The van der Waals surface area contributed by atoms with E-state index in [4.69, 9.17) is 16.3 Å². The highest BCUT2D eigenvalue weighted by molar-refractivity contribution is 6.33. The Morgan fingerprint density at radius 3 is 2.53 bits per heavy atom. The summed E-state index contributed by atoms with van der Waals surface area (Å²) in [4.78, 5) is 13.0. The zero-order chi connectivity index (χ0) is 21.3. The number of nitrogens with one attached hydrogen (secondary N) is 1. The highest BCUT2D eigenvalue weighted by Gasteiger charge is 2.18. The van der Waals surface area contributed by atoms with Crippen LogP contribution in [0.25, 0.3) is 11.4 Å². The molecule has 2 aromatic heterocycles. The molecule has 0 aliphatic heterocycles. The average Bonchev–Trinajstić information content (AvgIpc) is 3.41. The summed E-state index contributed by atoms with van der Waals surface area (Å²) < 4.78 is 8.93. The fraction of sp³-hybridized carbons (Fsp3) is 0.143. The van der Waals surface area contributed by atoms with Crippen molar-refractivity contribution in [2.24, 2.45) is 0 Å². The van der Waals surface area contributed by atoms with Gasteiger partial charge in [0.15, 0.2) is 5.82 Å². The molecule has 1 N–H and O–H groups in total. The van der Waals surface area contributed by atoms with Crippen LogP contribution in [0.15, 0.2) is 54.9 Å². The second kappa shape index (κ2) is 8.00. The molecule has 0 unspecified atom stereocenters. The predicted octanol–water partition coefficient (Wildman–Crippen LogP) is 3.98. The number of rotatable bonds is 5. The second-order valence-electron chi connectivity index (χ2n) is 6.69. The van der Waals surface area contributed by atoms with Gasteiger partial charge in [-0.15, -0.1) is 5.10 Å². The van der Waals surface area contributed by atoms with Gasteiger partial charge in [-0.2, -0.15) is 4.68 Å². The first-order valence-corrected chi connectivity index (χ1v) is 9.54. The molecule has 0 saturated heterocycles. The van der Waals surface area contributed by atoms with Crippen LogP contribution in [0.1, 0.15) is 21.7 Å². The van der Waals surface area contributed by atoms with E-state index in [1.807, 2.05) is 61.1 Å². The molecule has 9 heteroatoms. The number of benzene rings is 2. The molecule has 0 radical (unpaired) electrons. The van der Waals surface area contributed by atoms with Gasteiger partial charge in [-0.3, -0.25) is 4.79 Å². The zero-order valence-corrected chi connectivity index (χ0v) is 17.4. The van der Waals surface area contributed by atoms with Crippen molar-refractivity contribution in [3.63, 3.8) is 0 Å². The van der Waals surface area contributed by atoms with Gasteiger partial charge < -0.3 is 14.6 Å². The average molecular weight is 423 g/mol. The molecular weight excluding hydrogens is 404 g/mol. The molecule has 1 amide bonds. The Morgan fingerprint density at radius 1 is 1.10 bits per heavy atom. The van der Waals surface area contributed by atoms with Crippen molar-refractivity contribution in [3.05, 3.63) is 76.8 Å².